The van der Waals surface area contributed by atoms with E-state index in [1.807, 2.05) is 18.2 Å². The normalized spacial score (nSPS) is 27.3. The van der Waals surface area contributed by atoms with Gasteiger partial charge in [-0.3, -0.25) is 14.5 Å². The Kier molecular flexibility index (Phi) is 4.74. The summed E-state index contributed by atoms with van der Waals surface area (Å²) in [6, 6.07) is 10.4. The van der Waals surface area contributed by atoms with Crippen LogP contribution in [-0.4, -0.2) is 49.4 Å². The summed E-state index contributed by atoms with van der Waals surface area (Å²) in [6.07, 6.45) is 6.74. The second-order valence-corrected chi connectivity index (χ2v) is 8.17. The molecular weight excluding hydrogens is 326 g/mol. The van der Waals surface area contributed by atoms with E-state index >= 15 is 0 Å². The van der Waals surface area contributed by atoms with Gasteiger partial charge in [-0.2, -0.15) is 0 Å². The van der Waals surface area contributed by atoms with Gasteiger partial charge in [0, 0.05) is 26.2 Å². The number of amides is 2. The van der Waals surface area contributed by atoms with Crippen LogP contribution in [0, 0.1) is 5.41 Å². The number of hydrogen-bond donors (Lipinski definition) is 2. The maximum atomic E-state index is 13.2. The first kappa shape index (κ1) is 17.5. The smallest absolute Gasteiger partial charge is 0.234 e. The van der Waals surface area contributed by atoms with E-state index < -0.39 is 0 Å². The minimum Gasteiger partial charge on any atom is -0.355 e. The highest BCUT2D eigenvalue weighted by atomic mass is 16.2. The van der Waals surface area contributed by atoms with Gasteiger partial charge in [-0.1, -0.05) is 43.2 Å². The minimum absolute atomic E-state index is 0.101. The summed E-state index contributed by atoms with van der Waals surface area (Å²) in [6.45, 7) is 3.64. The second kappa shape index (κ2) is 7.03. The molecule has 2 N–H and O–H groups in total. The lowest BCUT2D eigenvalue weighted by Crippen LogP contribution is -2.48. The summed E-state index contributed by atoms with van der Waals surface area (Å²) in [5, 5.41) is 6.06. The van der Waals surface area contributed by atoms with Crippen molar-refractivity contribution in [2.24, 2.45) is 5.41 Å². The van der Waals surface area contributed by atoms with E-state index in [1.165, 1.54) is 31.2 Å². The summed E-state index contributed by atoms with van der Waals surface area (Å²) < 4.78 is 0. The van der Waals surface area contributed by atoms with Crippen LogP contribution in [-0.2, 0) is 15.0 Å². The molecule has 1 atom stereocenters. The van der Waals surface area contributed by atoms with Crippen LogP contribution in [0.5, 0.6) is 0 Å². The van der Waals surface area contributed by atoms with Crippen LogP contribution in [0.1, 0.15) is 44.1 Å². The molecule has 5 heteroatoms. The maximum absolute atomic E-state index is 13.2. The topological polar surface area (TPSA) is 61.4 Å². The monoisotopic (exact) mass is 355 g/mol. The van der Waals surface area contributed by atoms with Crippen molar-refractivity contribution in [2.75, 3.05) is 32.7 Å². The van der Waals surface area contributed by atoms with Crippen molar-refractivity contribution in [3.63, 3.8) is 0 Å². The Balaban J connectivity index is 1.35. The third kappa shape index (κ3) is 3.02. The summed E-state index contributed by atoms with van der Waals surface area (Å²) in [7, 11) is 0. The predicted octanol–water partition coefficient (Wildman–Crippen LogP) is 1.83. The SMILES string of the molecule is O=C1CN(CCCNC(=O)[C@]2(c3ccccc3)CC23CCCC3)CCN1. The van der Waals surface area contributed by atoms with Crippen molar-refractivity contribution >= 4 is 11.8 Å². The van der Waals surface area contributed by atoms with Gasteiger partial charge in [0.25, 0.3) is 0 Å². The highest BCUT2D eigenvalue weighted by Crippen LogP contribution is 2.72. The van der Waals surface area contributed by atoms with E-state index in [4.69, 9.17) is 0 Å². The van der Waals surface area contributed by atoms with E-state index in [1.54, 1.807) is 0 Å². The molecule has 2 amide bonds. The molecule has 5 nitrogen and oxygen atoms in total. The van der Waals surface area contributed by atoms with Gasteiger partial charge in [0.2, 0.25) is 11.8 Å². The van der Waals surface area contributed by atoms with Crippen LogP contribution in [0.3, 0.4) is 0 Å². The van der Waals surface area contributed by atoms with E-state index in [0.717, 1.165) is 32.5 Å². The summed E-state index contributed by atoms with van der Waals surface area (Å²) >= 11 is 0. The van der Waals surface area contributed by atoms with Gasteiger partial charge < -0.3 is 10.6 Å². The largest absolute Gasteiger partial charge is 0.355 e. The molecule has 1 aliphatic heterocycles. The van der Waals surface area contributed by atoms with Crippen LogP contribution < -0.4 is 10.6 Å². The van der Waals surface area contributed by atoms with Crippen molar-refractivity contribution in [2.45, 2.75) is 43.9 Å². The molecule has 0 bridgehead atoms. The molecule has 3 fully saturated rings. The van der Waals surface area contributed by atoms with Gasteiger partial charge in [-0.25, -0.2) is 0 Å². The molecule has 26 heavy (non-hydrogen) atoms. The molecule has 1 aromatic carbocycles. The minimum atomic E-state index is -0.310. The number of benzene rings is 1. The summed E-state index contributed by atoms with van der Waals surface area (Å²) in [4.78, 5) is 26.8. The number of nitrogens with one attached hydrogen (secondary N) is 2. The van der Waals surface area contributed by atoms with E-state index in [-0.39, 0.29) is 22.6 Å². The van der Waals surface area contributed by atoms with Gasteiger partial charge in [-0.15, -0.1) is 0 Å². The van der Waals surface area contributed by atoms with Crippen molar-refractivity contribution in [3.8, 4) is 0 Å². The Labute approximate surface area is 155 Å². The fourth-order valence-electron chi connectivity index (χ4n) is 5.24. The zero-order chi connectivity index (χ0) is 18.0. The molecule has 1 aromatic rings. The molecule has 0 radical (unpaired) electrons. The average molecular weight is 355 g/mol. The molecule has 140 valence electrons. The molecule has 3 aliphatic rings. The van der Waals surface area contributed by atoms with Crippen LogP contribution in [0.2, 0.25) is 0 Å². The quantitative estimate of drug-likeness (QED) is 0.766. The summed E-state index contributed by atoms with van der Waals surface area (Å²) in [5.74, 6) is 0.312. The van der Waals surface area contributed by atoms with Crippen LogP contribution in [0.4, 0.5) is 0 Å². The molecule has 1 spiro atoms. The highest BCUT2D eigenvalue weighted by molar-refractivity contribution is 5.93. The fraction of sp³-hybridized carbons (Fsp3) is 0.619. The highest BCUT2D eigenvalue weighted by Gasteiger charge is 2.72. The van der Waals surface area contributed by atoms with Crippen LogP contribution >= 0.6 is 0 Å². The fourth-order valence-corrected chi connectivity index (χ4v) is 5.24. The van der Waals surface area contributed by atoms with Crippen LogP contribution in [0.15, 0.2) is 30.3 Å². The number of carbonyl (C=O) groups excluding carboxylic acids is 2. The van der Waals surface area contributed by atoms with Crippen molar-refractivity contribution in [3.05, 3.63) is 35.9 Å². The number of piperazine rings is 1. The van der Waals surface area contributed by atoms with Crippen molar-refractivity contribution < 1.29 is 9.59 Å². The van der Waals surface area contributed by atoms with Gasteiger partial charge in [0.05, 0.1) is 12.0 Å². The molecule has 0 aromatic heterocycles. The lowest BCUT2D eigenvalue weighted by atomic mass is 9.84. The zero-order valence-corrected chi connectivity index (χ0v) is 15.4. The molecule has 0 unspecified atom stereocenters. The Morgan fingerprint density at radius 2 is 1.96 bits per heavy atom. The van der Waals surface area contributed by atoms with E-state index in [9.17, 15) is 9.59 Å². The van der Waals surface area contributed by atoms with Crippen molar-refractivity contribution in [1.82, 2.24) is 15.5 Å². The second-order valence-electron chi connectivity index (χ2n) is 8.17. The number of nitrogens with zero attached hydrogens (tertiary/aromatic N) is 1. The molecule has 1 saturated heterocycles. The lowest BCUT2D eigenvalue weighted by molar-refractivity contribution is -0.125. The molecule has 1 heterocycles. The Morgan fingerprint density at radius 1 is 1.19 bits per heavy atom. The maximum Gasteiger partial charge on any atom is 0.234 e. The Bertz CT molecular complexity index is 669. The van der Waals surface area contributed by atoms with Crippen molar-refractivity contribution in [1.29, 1.82) is 0 Å². The standard InChI is InChI=1S/C21H29N3O2/c25-18-15-24(14-12-22-18)13-6-11-23-19(26)21(17-7-2-1-3-8-17)16-20(21)9-4-5-10-20/h1-3,7-8H,4-6,9-16H2,(H,22,25)(H,23,26)/t21-/m1/s1. The van der Waals surface area contributed by atoms with Gasteiger partial charge in [-0.05, 0) is 36.7 Å². The number of carbonyl (C=O) groups is 2. The zero-order valence-electron chi connectivity index (χ0n) is 15.4. The van der Waals surface area contributed by atoms with Gasteiger partial charge in [0.15, 0.2) is 0 Å². The van der Waals surface area contributed by atoms with Crippen LogP contribution in [0.25, 0.3) is 0 Å². The van der Waals surface area contributed by atoms with Gasteiger partial charge in [0.1, 0.15) is 0 Å². The third-order valence-corrected chi connectivity index (χ3v) is 6.65. The predicted molar refractivity (Wildman–Crippen MR) is 101 cm³/mol. The number of hydrogen-bond acceptors (Lipinski definition) is 3. The Morgan fingerprint density at radius 3 is 2.69 bits per heavy atom. The first-order valence-corrected chi connectivity index (χ1v) is 9.99. The van der Waals surface area contributed by atoms with Gasteiger partial charge >= 0.3 is 0 Å². The Hall–Kier alpha value is -1.88. The van der Waals surface area contributed by atoms with E-state index in [2.05, 4.69) is 27.7 Å². The first-order valence-electron chi connectivity index (χ1n) is 9.99. The molecule has 2 saturated carbocycles. The summed E-state index contributed by atoms with van der Waals surface area (Å²) in [5.41, 5.74) is 1.08. The third-order valence-electron chi connectivity index (χ3n) is 6.65. The first-order chi connectivity index (χ1) is 12.7. The molecule has 4 rings (SSSR count). The lowest BCUT2D eigenvalue weighted by Gasteiger charge is -2.26. The molecule has 2 aliphatic carbocycles. The molecular formula is C21H29N3O2. The van der Waals surface area contributed by atoms with E-state index in [0.29, 0.717) is 13.1 Å². The average Bonchev–Trinajstić information content (AvgIpc) is 3.07. The number of rotatable bonds is 6.